The second kappa shape index (κ2) is 10.7. The van der Waals surface area contributed by atoms with Crippen LogP contribution in [0.4, 0.5) is 23.7 Å². The summed E-state index contributed by atoms with van der Waals surface area (Å²) in [7, 11) is 3.06. The maximum Gasteiger partial charge on any atom is 0.416 e. The Kier molecular flexibility index (Phi) is 7.37. The lowest BCUT2D eigenvalue weighted by Gasteiger charge is -2.20. The van der Waals surface area contributed by atoms with Crippen LogP contribution >= 0.6 is 0 Å². The molecule has 0 aliphatic rings. The Labute approximate surface area is 210 Å². The highest BCUT2D eigenvalue weighted by atomic mass is 19.4. The van der Waals surface area contributed by atoms with Gasteiger partial charge in [-0.15, -0.1) is 0 Å². The fourth-order valence-electron chi connectivity index (χ4n) is 3.84. The van der Waals surface area contributed by atoms with E-state index in [1.54, 1.807) is 48.7 Å². The number of alkyl halides is 3. The number of pyridine rings is 1. The van der Waals surface area contributed by atoms with E-state index in [0.29, 0.717) is 45.2 Å². The zero-order valence-electron chi connectivity index (χ0n) is 20.0. The van der Waals surface area contributed by atoms with Gasteiger partial charge in [0.15, 0.2) is 11.5 Å². The summed E-state index contributed by atoms with van der Waals surface area (Å²) in [5.41, 5.74) is 0.613. The smallest absolute Gasteiger partial charge is 0.416 e. The number of hydrogen-bond acceptors (Lipinski definition) is 5. The van der Waals surface area contributed by atoms with Crippen LogP contribution < -0.4 is 19.1 Å². The topological polar surface area (TPSA) is 81.1 Å². The normalized spacial score (nSPS) is 11.3. The fraction of sp³-hybridized carbons (Fsp3) is 0.185. The highest BCUT2D eigenvalue weighted by molar-refractivity contribution is 5.88. The number of aromatic nitrogens is 1. The van der Waals surface area contributed by atoms with Crippen LogP contribution in [0.15, 0.2) is 72.9 Å². The molecule has 192 valence electrons. The lowest BCUT2D eigenvalue weighted by Crippen LogP contribution is -2.31. The molecule has 4 rings (SSSR count). The largest absolute Gasteiger partial charge is 0.493 e. The molecule has 0 aliphatic carbocycles. The highest BCUT2D eigenvalue weighted by Gasteiger charge is 2.30. The average molecular weight is 512 g/mol. The van der Waals surface area contributed by atoms with Crippen molar-refractivity contribution in [1.82, 2.24) is 4.98 Å². The van der Waals surface area contributed by atoms with E-state index in [4.69, 9.17) is 14.2 Å². The summed E-state index contributed by atoms with van der Waals surface area (Å²) in [4.78, 5) is 17.3. The van der Waals surface area contributed by atoms with Crippen LogP contribution in [-0.4, -0.2) is 36.9 Å². The summed E-state index contributed by atoms with van der Waals surface area (Å²) in [6.45, 7) is -0.0204. The monoisotopic (exact) mass is 512 g/mol. The van der Waals surface area contributed by atoms with Crippen molar-refractivity contribution in [2.75, 3.05) is 25.7 Å². The van der Waals surface area contributed by atoms with Crippen molar-refractivity contribution in [3.05, 3.63) is 84.1 Å². The van der Waals surface area contributed by atoms with Gasteiger partial charge in [0, 0.05) is 29.9 Å². The number of carbonyl (C=O) groups is 1. The average Bonchev–Trinajstić information content (AvgIpc) is 2.88. The molecule has 0 atom stereocenters. The zero-order valence-corrected chi connectivity index (χ0v) is 20.0. The Bertz CT molecular complexity index is 1410. The first-order valence-electron chi connectivity index (χ1n) is 11.1. The zero-order chi connectivity index (χ0) is 26.6. The van der Waals surface area contributed by atoms with E-state index in [1.807, 2.05) is 0 Å². The molecular weight excluding hydrogens is 489 g/mol. The molecule has 10 heteroatoms. The number of nitrogens with zero attached hydrogens (tertiary/aromatic N) is 2. The lowest BCUT2D eigenvalue weighted by molar-refractivity contribution is -0.137. The molecule has 3 aromatic carbocycles. The predicted octanol–water partition coefficient (Wildman–Crippen LogP) is 6.79. The maximum absolute atomic E-state index is 13.0. The van der Waals surface area contributed by atoms with Crippen molar-refractivity contribution in [3.63, 3.8) is 0 Å². The van der Waals surface area contributed by atoms with Crippen LogP contribution in [0.1, 0.15) is 11.1 Å². The Morgan fingerprint density at radius 1 is 0.946 bits per heavy atom. The summed E-state index contributed by atoms with van der Waals surface area (Å²) in [6.07, 6.45) is -3.97. The van der Waals surface area contributed by atoms with Gasteiger partial charge in [-0.25, -0.2) is 4.79 Å². The Hall–Kier alpha value is -4.47. The summed E-state index contributed by atoms with van der Waals surface area (Å²) in [6, 6.07) is 16.4. The first kappa shape index (κ1) is 25.6. The number of carboxylic acid groups (broad SMARTS) is 1. The number of benzene rings is 3. The molecule has 0 bridgehead atoms. The molecule has 0 saturated heterocycles. The number of halogens is 3. The van der Waals surface area contributed by atoms with Crippen molar-refractivity contribution in [2.24, 2.45) is 0 Å². The molecule has 0 radical (unpaired) electrons. The molecule has 4 aromatic rings. The molecule has 0 fully saturated rings. The number of fused-ring (bicyclic) bond motifs is 1. The quantitative estimate of drug-likeness (QED) is 0.280. The van der Waals surface area contributed by atoms with Crippen molar-refractivity contribution < 1.29 is 37.3 Å². The minimum atomic E-state index is -4.46. The molecule has 1 aromatic heterocycles. The Balaban J connectivity index is 1.52. The van der Waals surface area contributed by atoms with Crippen LogP contribution in [0.2, 0.25) is 0 Å². The van der Waals surface area contributed by atoms with Gasteiger partial charge >= 0.3 is 12.3 Å². The third-order valence-electron chi connectivity index (χ3n) is 5.69. The number of hydrogen-bond donors (Lipinski definition) is 1. The van der Waals surface area contributed by atoms with E-state index in [9.17, 15) is 23.1 Å². The van der Waals surface area contributed by atoms with E-state index in [-0.39, 0.29) is 13.0 Å². The SMILES string of the molecule is COc1cc2nccc(Oc3ccc(N(CCc4cccc(C(F)(F)F)c4)C(=O)O)cc3)c2cc1OC. The fourth-order valence-corrected chi connectivity index (χ4v) is 3.84. The summed E-state index contributed by atoms with van der Waals surface area (Å²) < 4.78 is 55.7. The summed E-state index contributed by atoms with van der Waals surface area (Å²) in [5.74, 6) is 2.01. The van der Waals surface area contributed by atoms with E-state index in [2.05, 4.69) is 4.98 Å². The number of anilines is 1. The van der Waals surface area contributed by atoms with Crippen molar-refractivity contribution in [2.45, 2.75) is 12.6 Å². The van der Waals surface area contributed by atoms with Crippen molar-refractivity contribution in [1.29, 1.82) is 0 Å². The first-order chi connectivity index (χ1) is 17.7. The van der Waals surface area contributed by atoms with Gasteiger partial charge in [0.05, 0.1) is 25.3 Å². The minimum absolute atomic E-state index is 0.0204. The number of methoxy groups -OCH3 is 2. The van der Waals surface area contributed by atoms with Gasteiger partial charge < -0.3 is 19.3 Å². The molecular formula is C27H23F3N2O5. The number of rotatable bonds is 8. The van der Waals surface area contributed by atoms with Crippen LogP contribution in [0.5, 0.6) is 23.0 Å². The molecule has 7 nitrogen and oxygen atoms in total. The molecule has 1 amide bonds. The van der Waals surface area contributed by atoms with Gasteiger partial charge in [0.25, 0.3) is 0 Å². The second-order valence-electron chi connectivity index (χ2n) is 8.01. The number of ether oxygens (including phenoxy) is 3. The molecule has 0 aliphatic heterocycles. The number of amides is 1. The van der Waals surface area contributed by atoms with E-state index in [1.165, 1.54) is 26.4 Å². The lowest BCUT2D eigenvalue weighted by atomic mass is 10.1. The van der Waals surface area contributed by atoms with Gasteiger partial charge in [-0.1, -0.05) is 18.2 Å². The van der Waals surface area contributed by atoms with Crippen LogP contribution in [-0.2, 0) is 12.6 Å². The molecule has 1 N–H and O–H groups in total. The molecule has 0 spiro atoms. The first-order valence-corrected chi connectivity index (χ1v) is 11.1. The van der Waals surface area contributed by atoms with Gasteiger partial charge in [-0.2, -0.15) is 13.2 Å². The highest BCUT2D eigenvalue weighted by Crippen LogP contribution is 2.37. The van der Waals surface area contributed by atoms with E-state index >= 15 is 0 Å². The van der Waals surface area contributed by atoms with Crippen molar-refractivity contribution >= 4 is 22.7 Å². The summed E-state index contributed by atoms with van der Waals surface area (Å²) in [5, 5.41) is 10.4. The van der Waals surface area contributed by atoms with Gasteiger partial charge in [-0.05, 0) is 54.4 Å². The molecule has 0 unspecified atom stereocenters. The Morgan fingerprint density at radius 2 is 1.65 bits per heavy atom. The molecule has 1 heterocycles. The predicted molar refractivity (Wildman–Crippen MR) is 132 cm³/mol. The van der Waals surface area contributed by atoms with Crippen LogP contribution in [0, 0.1) is 0 Å². The molecule has 0 saturated carbocycles. The Morgan fingerprint density at radius 3 is 2.30 bits per heavy atom. The minimum Gasteiger partial charge on any atom is -0.493 e. The second-order valence-corrected chi connectivity index (χ2v) is 8.01. The maximum atomic E-state index is 13.0. The van der Waals surface area contributed by atoms with Gasteiger partial charge in [0.2, 0.25) is 0 Å². The van der Waals surface area contributed by atoms with Gasteiger partial charge in [-0.3, -0.25) is 9.88 Å². The third kappa shape index (κ3) is 5.85. The standard InChI is InChI=1S/C27H23F3N2O5/c1-35-24-15-21-22(16-25(24)36-2)31-12-10-23(21)37-20-8-6-19(7-9-20)32(26(33)34)13-11-17-4-3-5-18(14-17)27(28,29)30/h3-10,12,14-16H,11,13H2,1-2H3,(H,33,34). The molecule has 37 heavy (non-hydrogen) atoms. The van der Waals surface area contributed by atoms with Crippen molar-refractivity contribution in [3.8, 4) is 23.0 Å². The van der Waals surface area contributed by atoms with Gasteiger partial charge in [0.1, 0.15) is 11.5 Å². The van der Waals surface area contributed by atoms with E-state index < -0.39 is 17.8 Å². The van der Waals surface area contributed by atoms with E-state index in [0.717, 1.165) is 17.0 Å². The van der Waals surface area contributed by atoms with Crippen LogP contribution in [0.25, 0.3) is 10.9 Å². The van der Waals surface area contributed by atoms with Crippen LogP contribution in [0.3, 0.4) is 0 Å². The third-order valence-corrected chi connectivity index (χ3v) is 5.69. The summed E-state index contributed by atoms with van der Waals surface area (Å²) >= 11 is 0.